The van der Waals surface area contributed by atoms with Crippen LogP contribution in [0.25, 0.3) is 27.9 Å². The highest BCUT2D eigenvalue weighted by Gasteiger charge is 2.25. The molecule has 3 aromatic heterocycles. The van der Waals surface area contributed by atoms with E-state index in [1.807, 2.05) is 23.2 Å². The molecule has 1 saturated carbocycles. The predicted molar refractivity (Wildman–Crippen MR) is 131 cm³/mol. The zero-order chi connectivity index (χ0) is 22.5. The number of benzene rings is 1. The third-order valence-electron chi connectivity index (χ3n) is 7.58. The minimum absolute atomic E-state index is 0.0500. The quantitative estimate of drug-likeness (QED) is 0.502. The molecular weight excluding hydrogens is 410 g/mol. The van der Waals surface area contributed by atoms with Crippen LogP contribution in [-0.4, -0.2) is 43.9 Å². The van der Waals surface area contributed by atoms with E-state index in [1.54, 1.807) is 0 Å². The van der Waals surface area contributed by atoms with Gasteiger partial charge in [-0.15, -0.1) is 0 Å². The molecule has 2 aliphatic rings. The van der Waals surface area contributed by atoms with Crippen LogP contribution in [0, 0.1) is 12.8 Å². The van der Waals surface area contributed by atoms with Crippen LogP contribution >= 0.6 is 0 Å². The zero-order valence-electron chi connectivity index (χ0n) is 19.2. The Bertz CT molecular complexity index is 1350. The lowest BCUT2D eigenvalue weighted by atomic mass is 9.85. The van der Waals surface area contributed by atoms with E-state index in [9.17, 15) is 4.79 Å². The Morgan fingerprint density at radius 3 is 2.76 bits per heavy atom. The number of pyridine rings is 1. The van der Waals surface area contributed by atoms with Gasteiger partial charge in [0.15, 0.2) is 0 Å². The highest BCUT2D eigenvalue weighted by atomic mass is 16.2. The van der Waals surface area contributed by atoms with Crippen LogP contribution in [0.1, 0.15) is 48.2 Å². The molecule has 1 aliphatic heterocycles. The Morgan fingerprint density at radius 2 is 1.97 bits per heavy atom. The fourth-order valence-electron chi connectivity index (χ4n) is 5.46. The van der Waals surface area contributed by atoms with Gasteiger partial charge < -0.3 is 19.6 Å². The fourth-order valence-corrected chi connectivity index (χ4v) is 5.46. The first kappa shape index (κ1) is 20.5. The monoisotopic (exact) mass is 441 g/mol. The molecule has 4 aromatic rings. The first-order valence-corrected chi connectivity index (χ1v) is 12.2. The minimum Gasteiger partial charge on any atom is -0.339 e. The van der Waals surface area contributed by atoms with Crippen molar-refractivity contribution in [2.24, 2.45) is 11.7 Å². The van der Waals surface area contributed by atoms with Gasteiger partial charge >= 0.3 is 0 Å². The van der Waals surface area contributed by atoms with E-state index in [-0.39, 0.29) is 11.9 Å². The molecule has 170 valence electrons. The maximum Gasteiger partial charge on any atom is 0.254 e. The van der Waals surface area contributed by atoms with Crippen LogP contribution < -0.4 is 5.73 Å². The van der Waals surface area contributed by atoms with E-state index in [0.717, 1.165) is 48.9 Å². The molecule has 33 heavy (non-hydrogen) atoms. The number of amides is 1. The summed E-state index contributed by atoms with van der Waals surface area (Å²) < 4.78 is 4.55. The second-order valence-corrected chi connectivity index (χ2v) is 9.84. The first-order valence-electron chi connectivity index (χ1n) is 12.2. The molecule has 6 nitrogen and oxygen atoms in total. The van der Waals surface area contributed by atoms with Crippen molar-refractivity contribution in [3.05, 3.63) is 59.9 Å². The summed E-state index contributed by atoms with van der Waals surface area (Å²) in [5.74, 6) is 0.797. The van der Waals surface area contributed by atoms with Gasteiger partial charge in [-0.05, 0) is 62.8 Å². The maximum absolute atomic E-state index is 13.1. The molecule has 0 radical (unpaired) electrons. The SMILES string of the molecule is Cc1c(-c2cc3ccccc3n2CC2CCC2)nc2cc(C(=O)N3CCC[C@@H](N)C3)ccn12. The topological polar surface area (TPSA) is 68.6 Å². The van der Waals surface area contributed by atoms with E-state index < -0.39 is 0 Å². The van der Waals surface area contributed by atoms with Crippen LogP contribution in [0.5, 0.6) is 0 Å². The van der Waals surface area contributed by atoms with Crippen LogP contribution in [0.15, 0.2) is 48.7 Å². The standard InChI is InChI=1S/C27H31N5O/c1-18-26(24-14-20-8-2-3-10-23(20)32(24)16-19-6-4-7-19)29-25-15-21(11-13-31(18)25)27(33)30-12-5-9-22(28)17-30/h2-3,8,10-11,13-15,19,22H,4-7,9,12,16-17,28H2,1H3/t22-/m1/s1. The average Bonchev–Trinajstić information content (AvgIpc) is 3.32. The smallest absolute Gasteiger partial charge is 0.254 e. The molecule has 1 aliphatic carbocycles. The highest BCUT2D eigenvalue weighted by molar-refractivity contribution is 5.95. The van der Waals surface area contributed by atoms with Crippen molar-refractivity contribution in [2.75, 3.05) is 13.1 Å². The van der Waals surface area contributed by atoms with Crippen LogP contribution in [0.4, 0.5) is 0 Å². The predicted octanol–water partition coefficient (Wildman–Crippen LogP) is 4.63. The van der Waals surface area contributed by atoms with Crippen LogP contribution in [-0.2, 0) is 6.54 Å². The third-order valence-corrected chi connectivity index (χ3v) is 7.58. The van der Waals surface area contributed by atoms with E-state index in [4.69, 9.17) is 10.7 Å². The Balaban J connectivity index is 1.41. The second kappa shape index (κ2) is 8.03. The largest absolute Gasteiger partial charge is 0.339 e. The van der Waals surface area contributed by atoms with Crippen molar-refractivity contribution in [1.82, 2.24) is 18.9 Å². The van der Waals surface area contributed by atoms with Gasteiger partial charge in [0.05, 0.1) is 5.69 Å². The Hall–Kier alpha value is -3.12. The number of para-hydroxylation sites is 1. The number of hydrogen-bond acceptors (Lipinski definition) is 3. The molecule has 0 unspecified atom stereocenters. The van der Waals surface area contributed by atoms with Gasteiger partial charge in [0.1, 0.15) is 11.3 Å². The van der Waals surface area contributed by atoms with Crippen molar-refractivity contribution in [3.63, 3.8) is 0 Å². The van der Waals surface area contributed by atoms with Crippen LogP contribution in [0.3, 0.4) is 0 Å². The van der Waals surface area contributed by atoms with Gasteiger partial charge in [-0.25, -0.2) is 4.98 Å². The summed E-state index contributed by atoms with van der Waals surface area (Å²) in [6.07, 6.45) is 7.89. The number of carbonyl (C=O) groups is 1. The lowest BCUT2D eigenvalue weighted by Gasteiger charge is -2.30. The lowest BCUT2D eigenvalue weighted by Crippen LogP contribution is -2.45. The lowest BCUT2D eigenvalue weighted by molar-refractivity contribution is 0.0709. The van der Waals surface area contributed by atoms with Crippen LogP contribution in [0.2, 0.25) is 0 Å². The van der Waals surface area contributed by atoms with E-state index in [2.05, 4.69) is 46.2 Å². The highest BCUT2D eigenvalue weighted by Crippen LogP contribution is 2.35. The Kier molecular flexibility index (Phi) is 4.98. The van der Waals surface area contributed by atoms with E-state index in [0.29, 0.717) is 12.1 Å². The number of nitrogens with two attached hydrogens (primary N) is 1. The number of fused-ring (bicyclic) bond motifs is 2. The molecule has 1 aromatic carbocycles. The molecule has 6 rings (SSSR count). The molecule has 0 bridgehead atoms. The van der Waals surface area contributed by atoms with E-state index >= 15 is 0 Å². The molecular formula is C27H31N5O. The summed E-state index contributed by atoms with van der Waals surface area (Å²) in [4.78, 5) is 20.0. The third kappa shape index (κ3) is 3.53. The van der Waals surface area contributed by atoms with Gasteiger partial charge in [0.2, 0.25) is 0 Å². The summed E-state index contributed by atoms with van der Waals surface area (Å²) in [5.41, 5.74) is 12.1. The molecule has 0 spiro atoms. The van der Waals surface area contributed by atoms with Gasteiger partial charge in [0, 0.05) is 54.0 Å². The average molecular weight is 442 g/mol. The van der Waals surface area contributed by atoms with Crippen molar-refractivity contribution in [2.45, 2.75) is 51.6 Å². The van der Waals surface area contributed by atoms with Gasteiger partial charge in [-0.1, -0.05) is 24.6 Å². The Labute approximate surface area is 194 Å². The summed E-state index contributed by atoms with van der Waals surface area (Å²) in [6.45, 7) is 4.56. The normalized spacial score (nSPS) is 19.3. The molecule has 2 fully saturated rings. The van der Waals surface area contributed by atoms with Crippen molar-refractivity contribution < 1.29 is 4.79 Å². The molecule has 2 N–H and O–H groups in total. The molecule has 4 heterocycles. The number of nitrogens with zero attached hydrogens (tertiary/aromatic N) is 4. The minimum atomic E-state index is 0.0500. The summed E-state index contributed by atoms with van der Waals surface area (Å²) in [5, 5.41) is 1.25. The number of carbonyl (C=O) groups excluding carboxylic acids is 1. The van der Waals surface area contributed by atoms with Gasteiger partial charge in [0.25, 0.3) is 5.91 Å². The zero-order valence-corrected chi connectivity index (χ0v) is 19.2. The first-order chi connectivity index (χ1) is 16.1. The number of piperidine rings is 1. The number of aromatic nitrogens is 3. The summed E-state index contributed by atoms with van der Waals surface area (Å²) >= 11 is 0. The van der Waals surface area contributed by atoms with Gasteiger partial charge in [-0.2, -0.15) is 0 Å². The number of imidazole rings is 1. The number of aryl methyl sites for hydroxylation is 1. The number of rotatable bonds is 4. The second-order valence-electron chi connectivity index (χ2n) is 9.84. The molecule has 6 heteroatoms. The van der Waals surface area contributed by atoms with Crippen molar-refractivity contribution in [3.8, 4) is 11.4 Å². The Morgan fingerprint density at radius 1 is 1.12 bits per heavy atom. The molecule has 1 atom stereocenters. The summed E-state index contributed by atoms with van der Waals surface area (Å²) in [7, 11) is 0. The van der Waals surface area contributed by atoms with E-state index in [1.165, 1.54) is 35.9 Å². The maximum atomic E-state index is 13.1. The fraction of sp³-hybridized carbons (Fsp3) is 0.407. The number of likely N-dealkylation sites (tertiary alicyclic amines) is 1. The molecule has 1 amide bonds. The van der Waals surface area contributed by atoms with Gasteiger partial charge in [-0.3, -0.25) is 4.79 Å². The molecule has 1 saturated heterocycles. The van der Waals surface area contributed by atoms with Crippen molar-refractivity contribution >= 4 is 22.5 Å². The van der Waals surface area contributed by atoms with Crippen molar-refractivity contribution in [1.29, 1.82) is 0 Å². The number of hydrogen-bond donors (Lipinski definition) is 1. The summed E-state index contributed by atoms with van der Waals surface area (Å²) in [6, 6.07) is 14.8.